The van der Waals surface area contributed by atoms with Crippen molar-refractivity contribution in [2.75, 3.05) is 4.72 Å². The molecule has 0 fully saturated rings. The van der Waals surface area contributed by atoms with Gasteiger partial charge in [-0.05, 0) is 48.6 Å². The first-order chi connectivity index (χ1) is 10.5. The summed E-state index contributed by atoms with van der Waals surface area (Å²) in [6, 6.07) is 9.04. The van der Waals surface area contributed by atoms with E-state index in [9.17, 15) is 17.9 Å². The van der Waals surface area contributed by atoms with Gasteiger partial charge in [-0.25, -0.2) is 12.8 Å². The number of benzene rings is 2. The molecular formula is C16H16FNO3S. The first-order valence-corrected chi connectivity index (χ1v) is 8.52. The van der Waals surface area contributed by atoms with E-state index >= 15 is 0 Å². The minimum absolute atomic E-state index is 0.111. The standard InChI is InChI=1S/C16H16FNO3S/c17-15-6-2-5-13(10-19)16(15)18-22(20,21)14-8-7-11-3-1-4-12(11)9-14/h2,5-9,18-19H,1,3-4,10H2. The minimum atomic E-state index is -3.89. The lowest BCUT2D eigenvalue weighted by molar-refractivity contribution is 0.282. The van der Waals surface area contributed by atoms with E-state index in [0.717, 1.165) is 30.9 Å². The van der Waals surface area contributed by atoms with Gasteiger partial charge < -0.3 is 5.11 Å². The molecule has 1 aliphatic carbocycles. The molecule has 0 saturated carbocycles. The van der Waals surface area contributed by atoms with Crippen LogP contribution in [-0.2, 0) is 29.5 Å². The average molecular weight is 321 g/mol. The Hall–Kier alpha value is -1.92. The molecule has 4 nitrogen and oxygen atoms in total. The molecule has 0 saturated heterocycles. The molecule has 0 unspecified atom stereocenters. The lowest BCUT2D eigenvalue weighted by Crippen LogP contribution is -2.16. The van der Waals surface area contributed by atoms with E-state index in [-0.39, 0.29) is 16.1 Å². The highest BCUT2D eigenvalue weighted by Crippen LogP contribution is 2.27. The molecule has 0 amide bonds. The van der Waals surface area contributed by atoms with Gasteiger partial charge in [0.2, 0.25) is 0 Å². The third-order valence-electron chi connectivity index (χ3n) is 3.89. The van der Waals surface area contributed by atoms with Crippen LogP contribution < -0.4 is 4.72 Å². The topological polar surface area (TPSA) is 66.4 Å². The van der Waals surface area contributed by atoms with Gasteiger partial charge in [0.15, 0.2) is 0 Å². The van der Waals surface area contributed by atoms with Gasteiger partial charge in [0.1, 0.15) is 5.82 Å². The Morgan fingerprint density at radius 2 is 1.91 bits per heavy atom. The summed E-state index contributed by atoms with van der Waals surface area (Å²) in [6.45, 7) is -0.445. The van der Waals surface area contributed by atoms with Crippen molar-refractivity contribution in [2.45, 2.75) is 30.8 Å². The zero-order chi connectivity index (χ0) is 15.7. The van der Waals surface area contributed by atoms with Crippen LogP contribution in [0.25, 0.3) is 0 Å². The van der Waals surface area contributed by atoms with Crippen molar-refractivity contribution in [3.63, 3.8) is 0 Å². The highest BCUT2D eigenvalue weighted by molar-refractivity contribution is 7.92. The van der Waals surface area contributed by atoms with Crippen LogP contribution >= 0.6 is 0 Å². The summed E-state index contributed by atoms with van der Waals surface area (Å²) in [6.07, 6.45) is 2.85. The van der Waals surface area contributed by atoms with Gasteiger partial charge in [0.05, 0.1) is 17.2 Å². The van der Waals surface area contributed by atoms with Gasteiger partial charge in [0.25, 0.3) is 10.0 Å². The van der Waals surface area contributed by atoms with E-state index in [1.54, 1.807) is 6.07 Å². The number of rotatable bonds is 4. The fraction of sp³-hybridized carbons (Fsp3) is 0.250. The molecule has 0 atom stereocenters. The normalized spacial score (nSPS) is 13.9. The molecule has 3 rings (SSSR count). The predicted molar refractivity (Wildman–Crippen MR) is 81.6 cm³/mol. The zero-order valence-corrected chi connectivity index (χ0v) is 12.7. The Balaban J connectivity index is 1.98. The summed E-state index contributed by atoms with van der Waals surface area (Å²) in [5.74, 6) is -0.712. The van der Waals surface area contributed by atoms with Crippen LogP contribution in [0.5, 0.6) is 0 Å². The van der Waals surface area contributed by atoms with Gasteiger partial charge in [-0.3, -0.25) is 4.72 Å². The summed E-state index contributed by atoms with van der Waals surface area (Å²) in [5, 5.41) is 9.24. The van der Waals surface area contributed by atoms with E-state index in [2.05, 4.69) is 4.72 Å². The fourth-order valence-corrected chi connectivity index (χ4v) is 3.88. The monoisotopic (exact) mass is 321 g/mol. The number of halogens is 1. The predicted octanol–water partition coefficient (Wildman–Crippen LogP) is 2.61. The zero-order valence-electron chi connectivity index (χ0n) is 11.8. The Labute approximate surface area is 128 Å². The van der Waals surface area contributed by atoms with E-state index in [1.165, 1.54) is 23.8 Å². The Morgan fingerprint density at radius 3 is 2.68 bits per heavy atom. The number of aliphatic hydroxyl groups excluding tert-OH is 1. The van der Waals surface area contributed by atoms with Gasteiger partial charge >= 0.3 is 0 Å². The second-order valence-corrected chi connectivity index (χ2v) is 7.00. The fourth-order valence-electron chi connectivity index (χ4n) is 2.72. The second kappa shape index (κ2) is 5.70. The molecule has 2 aromatic rings. The number of aryl methyl sites for hydroxylation is 2. The van der Waals surface area contributed by atoms with Crippen LogP contribution in [0, 0.1) is 5.82 Å². The quantitative estimate of drug-likeness (QED) is 0.910. The third kappa shape index (κ3) is 2.71. The van der Waals surface area contributed by atoms with Crippen molar-refractivity contribution in [1.29, 1.82) is 0 Å². The minimum Gasteiger partial charge on any atom is -0.392 e. The van der Waals surface area contributed by atoms with Crippen LogP contribution in [0.2, 0.25) is 0 Å². The molecule has 1 aliphatic rings. The Kier molecular flexibility index (Phi) is 3.88. The number of sulfonamides is 1. The number of para-hydroxylation sites is 1. The molecule has 0 spiro atoms. The molecule has 6 heteroatoms. The molecule has 22 heavy (non-hydrogen) atoms. The maximum Gasteiger partial charge on any atom is 0.262 e. The van der Waals surface area contributed by atoms with Crippen LogP contribution in [0.15, 0.2) is 41.3 Å². The van der Waals surface area contributed by atoms with Crippen LogP contribution in [0.3, 0.4) is 0 Å². The van der Waals surface area contributed by atoms with Gasteiger partial charge in [-0.15, -0.1) is 0 Å². The molecule has 0 aromatic heterocycles. The number of hydrogen-bond donors (Lipinski definition) is 2. The molecule has 2 N–H and O–H groups in total. The summed E-state index contributed by atoms with van der Waals surface area (Å²) in [4.78, 5) is 0.111. The molecule has 0 aliphatic heterocycles. The van der Waals surface area contributed by atoms with Crippen LogP contribution in [-0.4, -0.2) is 13.5 Å². The van der Waals surface area contributed by atoms with Crippen molar-refractivity contribution >= 4 is 15.7 Å². The van der Waals surface area contributed by atoms with E-state index in [0.29, 0.717) is 0 Å². The lowest BCUT2D eigenvalue weighted by Gasteiger charge is -2.13. The van der Waals surface area contributed by atoms with E-state index in [4.69, 9.17) is 0 Å². The summed E-state index contributed by atoms with van der Waals surface area (Å²) in [5.41, 5.74) is 2.19. The van der Waals surface area contributed by atoms with Crippen LogP contribution in [0.4, 0.5) is 10.1 Å². The first-order valence-electron chi connectivity index (χ1n) is 7.04. The molecule has 116 valence electrons. The second-order valence-electron chi connectivity index (χ2n) is 5.32. The maximum atomic E-state index is 13.9. The number of anilines is 1. The highest BCUT2D eigenvalue weighted by atomic mass is 32.2. The number of aliphatic hydroxyl groups is 1. The first kappa shape index (κ1) is 15.0. The summed E-state index contributed by atoms with van der Waals surface area (Å²) >= 11 is 0. The lowest BCUT2D eigenvalue weighted by atomic mass is 10.1. The third-order valence-corrected chi connectivity index (χ3v) is 5.23. The number of hydrogen-bond acceptors (Lipinski definition) is 3. The van der Waals surface area contributed by atoms with Crippen molar-refractivity contribution in [3.8, 4) is 0 Å². The maximum absolute atomic E-state index is 13.9. The van der Waals surface area contributed by atoms with Gasteiger partial charge in [0, 0.05) is 5.56 Å². The average Bonchev–Trinajstić information content (AvgIpc) is 2.96. The molecule has 0 radical (unpaired) electrons. The molecule has 0 bridgehead atoms. The Morgan fingerprint density at radius 1 is 1.14 bits per heavy atom. The smallest absolute Gasteiger partial charge is 0.262 e. The van der Waals surface area contributed by atoms with Crippen molar-refractivity contribution in [1.82, 2.24) is 0 Å². The highest BCUT2D eigenvalue weighted by Gasteiger charge is 2.21. The number of fused-ring (bicyclic) bond motifs is 1. The van der Waals surface area contributed by atoms with Crippen molar-refractivity contribution < 1.29 is 17.9 Å². The molecule has 0 heterocycles. The summed E-state index contributed by atoms with van der Waals surface area (Å²) < 4.78 is 41.0. The van der Waals surface area contributed by atoms with E-state index < -0.39 is 22.4 Å². The summed E-state index contributed by atoms with van der Waals surface area (Å²) in [7, 11) is -3.89. The molecular weight excluding hydrogens is 305 g/mol. The van der Waals surface area contributed by atoms with Crippen molar-refractivity contribution in [3.05, 3.63) is 58.9 Å². The van der Waals surface area contributed by atoms with Gasteiger partial charge in [-0.2, -0.15) is 0 Å². The van der Waals surface area contributed by atoms with E-state index in [1.807, 2.05) is 6.07 Å². The van der Waals surface area contributed by atoms with Crippen LogP contribution in [0.1, 0.15) is 23.1 Å². The van der Waals surface area contributed by atoms with Gasteiger partial charge in [-0.1, -0.05) is 18.2 Å². The number of nitrogens with one attached hydrogen (secondary N) is 1. The molecule has 2 aromatic carbocycles. The largest absolute Gasteiger partial charge is 0.392 e. The Bertz CT molecular complexity index is 818. The van der Waals surface area contributed by atoms with Crippen molar-refractivity contribution in [2.24, 2.45) is 0 Å². The SMILES string of the molecule is O=S(=O)(Nc1c(F)cccc1CO)c1ccc2c(c1)CCC2.